The van der Waals surface area contributed by atoms with Crippen LogP contribution in [0.4, 0.5) is 0 Å². The molecule has 0 aliphatic rings. The zero-order valence-electron chi connectivity index (χ0n) is 9.93. The Bertz CT molecular complexity index is 340. The van der Waals surface area contributed by atoms with Crippen LogP contribution in [0.25, 0.3) is 0 Å². The molecule has 1 aromatic heterocycles. The highest BCUT2D eigenvalue weighted by Gasteiger charge is 2.15. The van der Waals surface area contributed by atoms with Gasteiger partial charge in [0.15, 0.2) is 0 Å². The summed E-state index contributed by atoms with van der Waals surface area (Å²) < 4.78 is 0. The normalized spacial score (nSPS) is 13.1. The molecule has 0 saturated carbocycles. The predicted molar refractivity (Wildman–Crippen MR) is 70.3 cm³/mol. The lowest BCUT2D eigenvalue weighted by atomic mass is 9.99. The minimum Gasteiger partial charge on any atom is -0.314 e. The molecule has 0 aliphatic heterocycles. The third-order valence-electron chi connectivity index (χ3n) is 2.57. The molecule has 90 valence electrons. The topological polar surface area (TPSA) is 24.9 Å². The van der Waals surface area contributed by atoms with Gasteiger partial charge in [0.05, 0.1) is 15.7 Å². The number of nitrogens with zero attached hydrogens (tertiary/aromatic N) is 1. The molecule has 4 heteroatoms. The van der Waals surface area contributed by atoms with Crippen LogP contribution >= 0.6 is 23.2 Å². The molecule has 0 radical (unpaired) electrons. The highest BCUT2D eigenvalue weighted by atomic mass is 35.5. The zero-order valence-corrected chi connectivity index (χ0v) is 11.4. The SMILES string of the molecule is CCNC(Cc1ncc(Cl)cc1Cl)C(C)C. The smallest absolute Gasteiger partial charge is 0.0636 e. The van der Waals surface area contributed by atoms with Gasteiger partial charge in [-0.05, 0) is 18.5 Å². The van der Waals surface area contributed by atoms with Crippen molar-refractivity contribution in [1.29, 1.82) is 0 Å². The maximum absolute atomic E-state index is 6.10. The van der Waals surface area contributed by atoms with E-state index >= 15 is 0 Å². The van der Waals surface area contributed by atoms with Gasteiger partial charge in [-0.1, -0.05) is 44.0 Å². The zero-order chi connectivity index (χ0) is 12.1. The van der Waals surface area contributed by atoms with Crippen LogP contribution in [0, 0.1) is 5.92 Å². The number of pyridine rings is 1. The number of nitrogens with one attached hydrogen (secondary N) is 1. The second-order valence-corrected chi connectivity index (χ2v) is 5.04. The second-order valence-electron chi connectivity index (χ2n) is 4.19. The van der Waals surface area contributed by atoms with Crippen LogP contribution < -0.4 is 5.32 Å². The van der Waals surface area contributed by atoms with Gasteiger partial charge in [-0.15, -0.1) is 0 Å². The highest BCUT2D eigenvalue weighted by molar-refractivity contribution is 6.34. The number of hydrogen-bond donors (Lipinski definition) is 1. The van der Waals surface area contributed by atoms with Gasteiger partial charge in [-0.25, -0.2) is 0 Å². The van der Waals surface area contributed by atoms with Gasteiger partial charge >= 0.3 is 0 Å². The minimum absolute atomic E-state index is 0.399. The Kier molecular flexibility index (Phi) is 5.53. The van der Waals surface area contributed by atoms with Gasteiger partial charge in [-0.3, -0.25) is 4.98 Å². The van der Waals surface area contributed by atoms with E-state index < -0.39 is 0 Å². The van der Waals surface area contributed by atoms with E-state index in [1.54, 1.807) is 12.3 Å². The Morgan fingerprint density at radius 2 is 2.06 bits per heavy atom. The summed E-state index contributed by atoms with van der Waals surface area (Å²) in [6.45, 7) is 7.44. The molecule has 0 fully saturated rings. The molecule has 2 nitrogen and oxygen atoms in total. The van der Waals surface area contributed by atoms with E-state index in [1.807, 2.05) is 0 Å². The highest BCUT2D eigenvalue weighted by Crippen LogP contribution is 2.20. The molecule has 0 aliphatic carbocycles. The van der Waals surface area contributed by atoms with Crippen molar-refractivity contribution in [2.24, 2.45) is 5.92 Å². The molecular formula is C12H18Cl2N2. The Morgan fingerprint density at radius 1 is 1.38 bits per heavy atom. The molecule has 1 heterocycles. The number of rotatable bonds is 5. The second kappa shape index (κ2) is 6.43. The molecule has 16 heavy (non-hydrogen) atoms. The van der Waals surface area contributed by atoms with Gasteiger partial charge < -0.3 is 5.32 Å². The monoisotopic (exact) mass is 260 g/mol. The summed E-state index contributed by atoms with van der Waals surface area (Å²) in [5.74, 6) is 0.550. The lowest BCUT2D eigenvalue weighted by Crippen LogP contribution is -2.35. The Hall–Kier alpha value is -0.310. The summed E-state index contributed by atoms with van der Waals surface area (Å²) in [5.41, 5.74) is 0.908. The van der Waals surface area contributed by atoms with Crippen LogP contribution in [0.15, 0.2) is 12.3 Å². The average Bonchev–Trinajstić information content (AvgIpc) is 2.20. The van der Waals surface area contributed by atoms with Crippen LogP contribution in [0.2, 0.25) is 10.0 Å². The van der Waals surface area contributed by atoms with Gasteiger partial charge in [0.2, 0.25) is 0 Å². The number of aromatic nitrogens is 1. The lowest BCUT2D eigenvalue weighted by molar-refractivity contribution is 0.402. The largest absolute Gasteiger partial charge is 0.314 e. The van der Waals surface area contributed by atoms with E-state index in [-0.39, 0.29) is 0 Å². The quantitative estimate of drug-likeness (QED) is 0.876. The predicted octanol–water partition coefficient (Wildman–Crippen LogP) is 3.57. The Balaban J connectivity index is 2.77. The third-order valence-corrected chi connectivity index (χ3v) is 3.10. The molecule has 1 unspecified atom stereocenters. The van der Waals surface area contributed by atoms with Crippen molar-refractivity contribution in [3.63, 3.8) is 0 Å². The van der Waals surface area contributed by atoms with Crippen LogP contribution in [0.3, 0.4) is 0 Å². The first-order chi connectivity index (χ1) is 7.54. The van der Waals surface area contributed by atoms with E-state index in [2.05, 4.69) is 31.1 Å². The molecule has 0 aromatic carbocycles. The summed E-state index contributed by atoms with van der Waals surface area (Å²) in [4.78, 5) is 4.28. The van der Waals surface area contributed by atoms with Crippen molar-refractivity contribution in [3.05, 3.63) is 28.0 Å². The van der Waals surface area contributed by atoms with Crippen LogP contribution in [0.5, 0.6) is 0 Å². The van der Waals surface area contributed by atoms with Crippen molar-refractivity contribution < 1.29 is 0 Å². The summed E-state index contributed by atoms with van der Waals surface area (Å²) >= 11 is 11.9. The number of halogens is 2. The molecule has 0 bridgehead atoms. The van der Waals surface area contributed by atoms with E-state index in [1.165, 1.54) is 0 Å². The van der Waals surface area contributed by atoms with Crippen molar-refractivity contribution >= 4 is 23.2 Å². The van der Waals surface area contributed by atoms with Crippen LogP contribution in [-0.4, -0.2) is 17.6 Å². The lowest BCUT2D eigenvalue weighted by Gasteiger charge is -2.21. The molecule has 0 spiro atoms. The van der Waals surface area contributed by atoms with Crippen LogP contribution in [-0.2, 0) is 6.42 Å². The number of likely N-dealkylation sites (N-methyl/N-ethyl adjacent to an activating group) is 1. The fourth-order valence-electron chi connectivity index (χ4n) is 1.61. The van der Waals surface area contributed by atoms with Gasteiger partial charge in [-0.2, -0.15) is 0 Å². The molecule has 0 saturated heterocycles. The fraction of sp³-hybridized carbons (Fsp3) is 0.583. The van der Waals surface area contributed by atoms with E-state index in [4.69, 9.17) is 23.2 Å². The molecule has 1 aromatic rings. The maximum atomic E-state index is 6.10. The standard InChI is InChI=1S/C12H18Cl2N2/c1-4-15-11(8(2)3)6-12-10(14)5-9(13)7-16-12/h5,7-8,11,15H,4,6H2,1-3H3. The molecule has 0 amide bonds. The van der Waals surface area contributed by atoms with Gasteiger partial charge in [0.1, 0.15) is 0 Å². The molecule has 1 atom stereocenters. The third kappa shape index (κ3) is 3.93. The van der Waals surface area contributed by atoms with Crippen molar-refractivity contribution in [3.8, 4) is 0 Å². The molecule has 1 rings (SSSR count). The van der Waals surface area contributed by atoms with Crippen molar-refractivity contribution in [2.75, 3.05) is 6.54 Å². The summed E-state index contributed by atoms with van der Waals surface area (Å²) in [5, 5.41) is 4.67. The minimum atomic E-state index is 0.399. The van der Waals surface area contributed by atoms with E-state index in [9.17, 15) is 0 Å². The maximum Gasteiger partial charge on any atom is 0.0636 e. The van der Waals surface area contributed by atoms with Gasteiger partial charge in [0, 0.05) is 18.7 Å². The molecular weight excluding hydrogens is 243 g/mol. The van der Waals surface area contributed by atoms with Crippen molar-refractivity contribution in [1.82, 2.24) is 10.3 Å². The first-order valence-corrected chi connectivity index (χ1v) is 6.33. The van der Waals surface area contributed by atoms with Crippen LogP contribution in [0.1, 0.15) is 26.5 Å². The van der Waals surface area contributed by atoms with E-state index in [0.29, 0.717) is 22.0 Å². The van der Waals surface area contributed by atoms with E-state index in [0.717, 1.165) is 18.7 Å². The first-order valence-electron chi connectivity index (χ1n) is 5.57. The Labute approximate surface area is 107 Å². The first kappa shape index (κ1) is 13.8. The summed E-state index contributed by atoms with van der Waals surface area (Å²) in [7, 11) is 0. The molecule has 1 N–H and O–H groups in total. The average molecular weight is 261 g/mol. The summed E-state index contributed by atoms with van der Waals surface area (Å²) in [6.07, 6.45) is 2.48. The Morgan fingerprint density at radius 3 is 2.56 bits per heavy atom. The van der Waals surface area contributed by atoms with Crippen molar-refractivity contribution in [2.45, 2.75) is 33.2 Å². The van der Waals surface area contributed by atoms with Gasteiger partial charge in [0.25, 0.3) is 0 Å². The summed E-state index contributed by atoms with van der Waals surface area (Å²) in [6, 6.07) is 2.14. The number of hydrogen-bond acceptors (Lipinski definition) is 2. The fourth-order valence-corrected chi connectivity index (χ4v) is 2.06.